The second-order valence-corrected chi connectivity index (χ2v) is 7.29. The van der Waals surface area contributed by atoms with E-state index in [0.717, 1.165) is 5.56 Å². The fraction of sp³-hybridized carbons (Fsp3) is 0.462. The summed E-state index contributed by atoms with van der Waals surface area (Å²) in [5.74, 6) is 0. The minimum atomic E-state index is -3.57. The maximum absolute atomic E-state index is 12.5. The number of morpholine rings is 1. The lowest BCUT2D eigenvalue weighted by Crippen LogP contribution is -2.46. The number of benzene rings is 1. The molecule has 0 amide bonds. The first-order valence-corrected chi connectivity index (χ1v) is 8.38. The molecule has 1 heterocycles. The molecule has 1 saturated heterocycles. The molecule has 1 fully saturated rings. The van der Waals surface area contributed by atoms with E-state index in [2.05, 4.69) is 0 Å². The van der Waals surface area contributed by atoms with Crippen LogP contribution >= 0.6 is 12.2 Å². The van der Waals surface area contributed by atoms with Crippen molar-refractivity contribution < 1.29 is 18.3 Å². The van der Waals surface area contributed by atoms with Crippen molar-refractivity contribution in [3.63, 3.8) is 0 Å². The van der Waals surface area contributed by atoms with Crippen molar-refractivity contribution in [2.75, 3.05) is 26.3 Å². The third-order valence-corrected chi connectivity index (χ3v) is 5.27. The van der Waals surface area contributed by atoms with Crippen molar-refractivity contribution in [1.29, 1.82) is 0 Å². The van der Waals surface area contributed by atoms with E-state index in [-0.39, 0.29) is 31.2 Å². The van der Waals surface area contributed by atoms with E-state index in [4.69, 9.17) is 27.8 Å². The summed E-state index contributed by atoms with van der Waals surface area (Å²) < 4.78 is 31.6. The van der Waals surface area contributed by atoms with Crippen molar-refractivity contribution in [3.05, 3.63) is 29.8 Å². The van der Waals surface area contributed by atoms with Gasteiger partial charge >= 0.3 is 0 Å². The highest BCUT2D eigenvalue weighted by atomic mass is 32.2. The molecule has 3 N–H and O–H groups in total. The Hall–Kier alpha value is -1.06. The van der Waals surface area contributed by atoms with Crippen molar-refractivity contribution >= 4 is 27.2 Å². The topological polar surface area (TPSA) is 92.9 Å². The number of rotatable bonds is 5. The Morgan fingerprint density at radius 1 is 1.43 bits per heavy atom. The Kier molecular flexibility index (Phi) is 5.28. The third kappa shape index (κ3) is 3.98. The number of ether oxygens (including phenoxy) is 1. The minimum Gasteiger partial charge on any atom is -0.394 e. The number of aliphatic hydroxyl groups excluding tert-OH is 1. The van der Waals surface area contributed by atoms with E-state index in [1.165, 1.54) is 4.31 Å². The highest BCUT2D eigenvalue weighted by Crippen LogP contribution is 2.19. The lowest BCUT2D eigenvalue weighted by Gasteiger charge is -2.31. The second kappa shape index (κ2) is 6.80. The predicted molar refractivity (Wildman–Crippen MR) is 82.5 cm³/mol. The molecule has 0 aliphatic carbocycles. The number of nitrogens with two attached hydrogens (primary N) is 1. The van der Waals surface area contributed by atoms with Crippen LogP contribution in [-0.2, 0) is 21.2 Å². The summed E-state index contributed by atoms with van der Waals surface area (Å²) in [7, 11) is -3.57. The lowest BCUT2D eigenvalue weighted by atomic mass is 10.1. The van der Waals surface area contributed by atoms with Crippen molar-refractivity contribution in [1.82, 2.24) is 4.31 Å². The Bertz CT molecular complexity index is 601. The molecule has 1 aromatic rings. The van der Waals surface area contributed by atoms with E-state index in [1.54, 1.807) is 24.3 Å². The van der Waals surface area contributed by atoms with E-state index in [0.29, 0.717) is 11.4 Å². The van der Waals surface area contributed by atoms with E-state index in [9.17, 15) is 8.42 Å². The van der Waals surface area contributed by atoms with Crippen LogP contribution in [0.2, 0.25) is 0 Å². The number of thiocarbonyl (C=S) groups is 1. The zero-order valence-electron chi connectivity index (χ0n) is 11.4. The number of hydrogen-bond donors (Lipinski definition) is 2. The van der Waals surface area contributed by atoms with Crippen molar-refractivity contribution in [2.45, 2.75) is 17.4 Å². The van der Waals surface area contributed by atoms with Crippen LogP contribution < -0.4 is 5.73 Å². The van der Waals surface area contributed by atoms with Crippen LogP contribution in [0.3, 0.4) is 0 Å². The van der Waals surface area contributed by atoms with Crippen molar-refractivity contribution in [2.24, 2.45) is 5.73 Å². The number of sulfonamides is 1. The van der Waals surface area contributed by atoms with Gasteiger partial charge in [-0.15, -0.1) is 0 Å². The van der Waals surface area contributed by atoms with Crippen LogP contribution in [0.5, 0.6) is 0 Å². The molecule has 8 heteroatoms. The van der Waals surface area contributed by atoms with Gasteiger partial charge in [0, 0.05) is 19.5 Å². The first-order chi connectivity index (χ1) is 9.93. The molecule has 1 aliphatic heterocycles. The first kappa shape index (κ1) is 16.3. The summed E-state index contributed by atoms with van der Waals surface area (Å²) in [4.78, 5) is 0.581. The summed E-state index contributed by atoms with van der Waals surface area (Å²) >= 11 is 4.83. The summed E-state index contributed by atoms with van der Waals surface area (Å²) in [5.41, 5.74) is 6.34. The third-order valence-electron chi connectivity index (χ3n) is 3.24. The van der Waals surface area contributed by atoms with Crippen LogP contribution in [0.25, 0.3) is 0 Å². The van der Waals surface area contributed by atoms with Gasteiger partial charge < -0.3 is 15.6 Å². The Morgan fingerprint density at radius 2 is 2.10 bits per heavy atom. The van der Waals surface area contributed by atoms with Gasteiger partial charge in [0.25, 0.3) is 0 Å². The van der Waals surface area contributed by atoms with Crippen LogP contribution in [0, 0.1) is 0 Å². The van der Waals surface area contributed by atoms with Gasteiger partial charge in [-0.05, 0) is 17.7 Å². The zero-order valence-corrected chi connectivity index (χ0v) is 13.1. The van der Waals surface area contributed by atoms with Crippen LogP contribution in [0.1, 0.15) is 5.56 Å². The number of aliphatic hydroxyl groups is 1. The molecule has 21 heavy (non-hydrogen) atoms. The van der Waals surface area contributed by atoms with E-state index in [1.807, 2.05) is 0 Å². The van der Waals surface area contributed by atoms with E-state index < -0.39 is 16.1 Å². The van der Waals surface area contributed by atoms with Crippen LogP contribution in [0.15, 0.2) is 29.2 Å². The first-order valence-electron chi connectivity index (χ1n) is 6.53. The monoisotopic (exact) mass is 330 g/mol. The number of hydrogen-bond acceptors (Lipinski definition) is 5. The van der Waals surface area contributed by atoms with Crippen molar-refractivity contribution in [3.8, 4) is 0 Å². The van der Waals surface area contributed by atoms with E-state index >= 15 is 0 Å². The Balaban J connectivity index is 2.17. The maximum atomic E-state index is 12.5. The molecule has 1 atom stereocenters. The standard InChI is InChI=1S/C13H18N2O4S2/c14-13(20)7-10-1-3-12(4-2-10)21(17,18)15-5-6-19-11(8-15)9-16/h1-4,11,16H,5-9H2,(H2,14,20). The smallest absolute Gasteiger partial charge is 0.243 e. The molecule has 0 aromatic heterocycles. The average molecular weight is 330 g/mol. The summed E-state index contributed by atoms with van der Waals surface area (Å²) in [6, 6.07) is 6.50. The Morgan fingerprint density at radius 3 is 2.67 bits per heavy atom. The molecule has 0 bridgehead atoms. The van der Waals surface area contributed by atoms with Gasteiger partial charge in [0.05, 0.1) is 29.2 Å². The molecule has 0 spiro atoms. The van der Waals surface area contributed by atoms with Gasteiger partial charge in [-0.25, -0.2) is 8.42 Å². The molecular weight excluding hydrogens is 312 g/mol. The highest BCUT2D eigenvalue weighted by molar-refractivity contribution is 7.89. The van der Waals surface area contributed by atoms with Gasteiger partial charge in [-0.1, -0.05) is 24.4 Å². The molecular formula is C13H18N2O4S2. The molecule has 116 valence electrons. The van der Waals surface area contributed by atoms with Gasteiger partial charge in [-0.2, -0.15) is 4.31 Å². The second-order valence-electron chi connectivity index (χ2n) is 4.83. The van der Waals surface area contributed by atoms with Gasteiger partial charge in [0.2, 0.25) is 10.0 Å². The molecule has 0 saturated carbocycles. The highest BCUT2D eigenvalue weighted by Gasteiger charge is 2.30. The molecule has 2 rings (SSSR count). The maximum Gasteiger partial charge on any atom is 0.243 e. The summed E-state index contributed by atoms with van der Waals surface area (Å²) in [5, 5.41) is 9.09. The van der Waals surface area contributed by atoms with Gasteiger partial charge in [0.1, 0.15) is 0 Å². The Labute approximate surface area is 129 Å². The molecule has 1 unspecified atom stereocenters. The predicted octanol–water partition coefficient (Wildman–Crippen LogP) is -0.103. The lowest BCUT2D eigenvalue weighted by molar-refractivity contribution is -0.0304. The largest absolute Gasteiger partial charge is 0.394 e. The molecule has 1 aliphatic rings. The van der Waals surface area contributed by atoms with Crippen LogP contribution in [-0.4, -0.2) is 55.2 Å². The minimum absolute atomic E-state index is 0.160. The SMILES string of the molecule is NC(=S)Cc1ccc(S(=O)(=O)N2CCOC(CO)C2)cc1. The summed E-state index contributed by atoms with van der Waals surface area (Å²) in [6.45, 7) is 0.532. The molecule has 1 aromatic carbocycles. The van der Waals surface area contributed by atoms with Crippen LogP contribution in [0.4, 0.5) is 0 Å². The summed E-state index contributed by atoms with van der Waals surface area (Å²) in [6.07, 6.45) is -0.0257. The van der Waals surface area contributed by atoms with Gasteiger partial charge in [-0.3, -0.25) is 0 Å². The fourth-order valence-corrected chi connectivity index (χ4v) is 3.77. The average Bonchev–Trinajstić information content (AvgIpc) is 2.47. The number of nitrogens with zero attached hydrogens (tertiary/aromatic N) is 1. The zero-order chi connectivity index (χ0) is 15.5. The van der Waals surface area contributed by atoms with Gasteiger partial charge in [0.15, 0.2) is 0 Å². The quantitative estimate of drug-likeness (QED) is 0.732. The molecule has 0 radical (unpaired) electrons. The fourth-order valence-electron chi connectivity index (χ4n) is 2.15. The normalized spacial score (nSPS) is 20.3. The molecule has 6 nitrogen and oxygen atoms in total.